The number of methoxy groups -OCH3 is 1. The van der Waals surface area contributed by atoms with E-state index in [-0.39, 0.29) is 17.3 Å². The molecule has 1 aliphatic rings. The van der Waals surface area contributed by atoms with Crippen LogP contribution in [0.4, 0.5) is 11.4 Å². The molecule has 1 aliphatic heterocycles. The van der Waals surface area contributed by atoms with Crippen molar-refractivity contribution in [3.8, 4) is 5.75 Å². The lowest BCUT2D eigenvalue weighted by Crippen LogP contribution is -2.44. The summed E-state index contributed by atoms with van der Waals surface area (Å²) in [5.41, 5.74) is 2.36. The molecular formula is C19H25BrClN3O3S. The van der Waals surface area contributed by atoms with Crippen molar-refractivity contribution >= 4 is 49.7 Å². The smallest absolute Gasteiger partial charge is 0.262 e. The van der Waals surface area contributed by atoms with Crippen LogP contribution in [0, 0.1) is 6.92 Å². The third-order valence-electron chi connectivity index (χ3n) is 4.67. The number of likely N-dealkylation sites (N-methyl/N-ethyl adjacent to an activating group) is 1. The van der Waals surface area contributed by atoms with Gasteiger partial charge in [0.2, 0.25) is 0 Å². The van der Waals surface area contributed by atoms with Gasteiger partial charge in [0.25, 0.3) is 10.0 Å². The quantitative estimate of drug-likeness (QED) is 0.692. The molecule has 0 saturated carbocycles. The summed E-state index contributed by atoms with van der Waals surface area (Å²) < 4.78 is 34.7. The number of hydrogen-bond acceptors (Lipinski definition) is 5. The Morgan fingerprint density at radius 2 is 1.75 bits per heavy atom. The number of ether oxygens (including phenoxy) is 1. The summed E-state index contributed by atoms with van der Waals surface area (Å²) >= 11 is 3.42. The summed E-state index contributed by atoms with van der Waals surface area (Å²) in [7, 11) is -0.0342. The van der Waals surface area contributed by atoms with Crippen LogP contribution in [0.5, 0.6) is 5.75 Å². The summed E-state index contributed by atoms with van der Waals surface area (Å²) in [6.45, 7) is 5.46. The van der Waals surface area contributed by atoms with Crippen LogP contribution in [-0.2, 0) is 10.0 Å². The molecule has 1 fully saturated rings. The molecule has 0 amide bonds. The Labute approximate surface area is 181 Å². The minimum atomic E-state index is -3.72. The van der Waals surface area contributed by atoms with Gasteiger partial charge in [-0.25, -0.2) is 8.42 Å². The number of benzene rings is 2. The Morgan fingerprint density at radius 1 is 1.07 bits per heavy atom. The molecule has 9 heteroatoms. The van der Waals surface area contributed by atoms with Crippen molar-refractivity contribution in [3.63, 3.8) is 0 Å². The van der Waals surface area contributed by atoms with Crippen LogP contribution in [-0.4, -0.2) is 53.7 Å². The van der Waals surface area contributed by atoms with Crippen molar-refractivity contribution in [1.82, 2.24) is 4.90 Å². The molecule has 0 aliphatic carbocycles. The summed E-state index contributed by atoms with van der Waals surface area (Å²) in [6, 6.07) is 10.5. The Balaban J connectivity index is 0.00000280. The lowest BCUT2D eigenvalue weighted by atomic mass is 10.2. The van der Waals surface area contributed by atoms with E-state index in [0.29, 0.717) is 15.9 Å². The topological polar surface area (TPSA) is 61.9 Å². The van der Waals surface area contributed by atoms with E-state index < -0.39 is 10.0 Å². The van der Waals surface area contributed by atoms with Gasteiger partial charge >= 0.3 is 0 Å². The molecule has 2 aromatic rings. The zero-order chi connectivity index (χ0) is 19.6. The van der Waals surface area contributed by atoms with E-state index in [0.717, 1.165) is 37.4 Å². The van der Waals surface area contributed by atoms with Gasteiger partial charge < -0.3 is 14.5 Å². The second-order valence-corrected chi connectivity index (χ2v) is 9.25. The van der Waals surface area contributed by atoms with Gasteiger partial charge in [0.15, 0.2) is 0 Å². The highest BCUT2D eigenvalue weighted by molar-refractivity contribution is 9.10. The summed E-state index contributed by atoms with van der Waals surface area (Å²) in [5, 5.41) is 0. The Hall–Kier alpha value is -1.48. The van der Waals surface area contributed by atoms with E-state index in [1.807, 2.05) is 19.1 Å². The monoisotopic (exact) mass is 489 g/mol. The van der Waals surface area contributed by atoms with Crippen LogP contribution in [0.1, 0.15) is 5.56 Å². The van der Waals surface area contributed by atoms with Gasteiger partial charge in [0, 0.05) is 30.7 Å². The third kappa shape index (κ3) is 5.11. The van der Waals surface area contributed by atoms with Crippen LogP contribution >= 0.6 is 28.3 Å². The van der Waals surface area contributed by atoms with Gasteiger partial charge in [0.1, 0.15) is 5.75 Å². The van der Waals surface area contributed by atoms with Gasteiger partial charge in [-0.15, -0.1) is 12.4 Å². The number of hydrogen-bond donors (Lipinski definition) is 1. The van der Waals surface area contributed by atoms with Crippen molar-refractivity contribution in [2.24, 2.45) is 0 Å². The van der Waals surface area contributed by atoms with Crippen molar-refractivity contribution < 1.29 is 13.2 Å². The first kappa shape index (κ1) is 22.8. The molecule has 1 N–H and O–H groups in total. The molecule has 6 nitrogen and oxygen atoms in total. The zero-order valence-corrected chi connectivity index (χ0v) is 19.3. The highest BCUT2D eigenvalue weighted by Crippen LogP contribution is 2.33. The molecule has 1 saturated heterocycles. The minimum Gasteiger partial charge on any atom is -0.495 e. The first-order valence-corrected chi connectivity index (χ1v) is 11.0. The molecule has 0 bridgehead atoms. The molecule has 0 atom stereocenters. The number of piperazine rings is 1. The second kappa shape index (κ2) is 9.35. The van der Waals surface area contributed by atoms with Gasteiger partial charge in [-0.1, -0.05) is 6.07 Å². The number of rotatable bonds is 5. The van der Waals surface area contributed by atoms with Crippen LogP contribution in [0.3, 0.4) is 0 Å². The normalized spacial score (nSPS) is 15.1. The standard InChI is InChI=1S/C19H24BrN3O3S.ClH/c1-14-4-6-17(16(20)12-14)21-27(24,25)15-5-7-19(26-3)18(13-15)23-10-8-22(2)9-11-23;/h4-7,12-13,21H,8-11H2,1-3H3;1H. The van der Waals surface area contributed by atoms with Crippen molar-refractivity contribution in [2.75, 3.05) is 50.0 Å². The largest absolute Gasteiger partial charge is 0.495 e. The molecule has 3 rings (SSSR count). The molecule has 1 heterocycles. The lowest BCUT2D eigenvalue weighted by molar-refractivity contribution is 0.311. The van der Waals surface area contributed by atoms with E-state index >= 15 is 0 Å². The summed E-state index contributed by atoms with van der Waals surface area (Å²) in [4.78, 5) is 4.63. The molecule has 154 valence electrons. The van der Waals surface area contributed by atoms with Crippen LogP contribution in [0.2, 0.25) is 0 Å². The maximum atomic E-state index is 12.9. The molecule has 0 radical (unpaired) electrons. The van der Waals surface area contributed by atoms with E-state index in [1.165, 1.54) is 0 Å². The van der Waals surface area contributed by atoms with E-state index in [4.69, 9.17) is 4.74 Å². The average molecular weight is 491 g/mol. The molecule has 0 spiro atoms. The van der Waals surface area contributed by atoms with Crippen molar-refractivity contribution in [1.29, 1.82) is 0 Å². The van der Waals surface area contributed by atoms with Gasteiger partial charge in [-0.05, 0) is 65.8 Å². The molecule has 2 aromatic carbocycles. The van der Waals surface area contributed by atoms with E-state index in [1.54, 1.807) is 31.4 Å². The van der Waals surface area contributed by atoms with Crippen LogP contribution in [0.15, 0.2) is 45.8 Å². The fourth-order valence-electron chi connectivity index (χ4n) is 3.04. The fraction of sp³-hybridized carbons (Fsp3) is 0.368. The van der Waals surface area contributed by atoms with Crippen LogP contribution < -0.4 is 14.4 Å². The summed E-state index contributed by atoms with van der Waals surface area (Å²) in [6.07, 6.45) is 0. The Bertz CT molecular complexity index is 932. The Kier molecular flexibility index (Phi) is 7.61. The Morgan fingerprint density at radius 3 is 2.36 bits per heavy atom. The van der Waals surface area contributed by atoms with Gasteiger partial charge in [-0.2, -0.15) is 0 Å². The zero-order valence-electron chi connectivity index (χ0n) is 16.1. The van der Waals surface area contributed by atoms with Crippen molar-refractivity contribution in [3.05, 3.63) is 46.4 Å². The van der Waals surface area contributed by atoms with Crippen molar-refractivity contribution in [2.45, 2.75) is 11.8 Å². The number of halogens is 2. The minimum absolute atomic E-state index is 0. The number of nitrogens with zero attached hydrogens (tertiary/aromatic N) is 2. The molecule has 28 heavy (non-hydrogen) atoms. The first-order valence-electron chi connectivity index (χ1n) is 8.70. The predicted octanol–water partition coefficient (Wildman–Crippen LogP) is 3.74. The molecular weight excluding hydrogens is 466 g/mol. The van der Waals surface area contributed by atoms with Gasteiger partial charge in [0.05, 0.1) is 23.4 Å². The van der Waals surface area contributed by atoms with E-state index in [9.17, 15) is 8.42 Å². The average Bonchev–Trinajstić information content (AvgIpc) is 2.64. The van der Waals surface area contributed by atoms with Gasteiger partial charge in [-0.3, -0.25) is 4.72 Å². The second-order valence-electron chi connectivity index (χ2n) is 6.71. The maximum Gasteiger partial charge on any atom is 0.262 e. The SMILES string of the molecule is COc1ccc(S(=O)(=O)Nc2ccc(C)cc2Br)cc1N1CCN(C)CC1.Cl. The lowest BCUT2D eigenvalue weighted by Gasteiger charge is -2.34. The number of anilines is 2. The maximum absolute atomic E-state index is 12.9. The van der Waals surface area contributed by atoms with E-state index in [2.05, 4.69) is 37.5 Å². The highest BCUT2D eigenvalue weighted by atomic mass is 79.9. The number of nitrogens with one attached hydrogen (secondary N) is 1. The third-order valence-corrected chi connectivity index (χ3v) is 6.69. The first-order chi connectivity index (χ1) is 12.8. The summed E-state index contributed by atoms with van der Waals surface area (Å²) in [5.74, 6) is 0.676. The number of aryl methyl sites for hydroxylation is 1. The molecule has 0 aromatic heterocycles. The number of sulfonamides is 1. The fourth-order valence-corrected chi connectivity index (χ4v) is 4.86. The predicted molar refractivity (Wildman–Crippen MR) is 120 cm³/mol. The van der Waals surface area contributed by atoms with Crippen LogP contribution in [0.25, 0.3) is 0 Å². The highest BCUT2D eigenvalue weighted by Gasteiger charge is 2.22. The molecule has 0 unspecified atom stereocenters.